The number of urea groups is 1. The van der Waals surface area contributed by atoms with E-state index in [2.05, 4.69) is 20.5 Å². The number of aromatic nitrogens is 1. The van der Waals surface area contributed by atoms with E-state index < -0.39 is 23.8 Å². The maximum atomic E-state index is 14.7. The first-order chi connectivity index (χ1) is 16.3. The third-order valence-corrected chi connectivity index (χ3v) is 7.02. The van der Waals surface area contributed by atoms with Gasteiger partial charge >= 0.3 is 6.03 Å². The number of amides is 2. The predicted molar refractivity (Wildman–Crippen MR) is 129 cm³/mol. The Morgan fingerprint density at radius 1 is 1.26 bits per heavy atom. The van der Waals surface area contributed by atoms with Crippen LogP contribution < -0.4 is 15.4 Å². The normalized spacial score (nSPS) is 15.3. The van der Waals surface area contributed by atoms with Crippen LogP contribution in [0.25, 0.3) is 10.2 Å². The van der Waals surface area contributed by atoms with Crippen LogP contribution >= 0.6 is 34.5 Å². The summed E-state index contributed by atoms with van der Waals surface area (Å²) in [6.07, 6.45) is -0.902. The summed E-state index contributed by atoms with van der Waals surface area (Å²) >= 11 is 13.3. The van der Waals surface area contributed by atoms with Crippen molar-refractivity contribution in [2.45, 2.75) is 13.0 Å². The number of hydrogen-bond acceptors (Lipinski definition) is 6. The van der Waals surface area contributed by atoms with Crippen LogP contribution in [-0.2, 0) is 4.74 Å². The second kappa shape index (κ2) is 11.0. The van der Waals surface area contributed by atoms with Crippen LogP contribution in [0.1, 0.15) is 18.6 Å². The minimum absolute atomic E-state index is 0.0135. The molecule has 1 fully saturated rings. The highest BCUT2D eigenvalue weighted by Crippen LogP contribution is 2.37. The van der Waals surface area contributed by atoms with Gasteiger partial charge in [-0.05, 0) is 19.1 Å². The number of morpholine rings is 1. The summed E-state index contributed by atoms with van der Waals surface area (Å²) in [4.78, 5) is 18.7. The number of fused-ring (bicyclic) bond motifs is 1. The molecule has 34 heavy (non-hydrogen) atoms. The molecule has 2 amide bonds. The zero-order chi connectivity index (χ0) is 24.2. The molecule has 0 radical (unpaired) electrons. The number of thiazole rings is 1. The van der Waals surface area contributed by atoms with Gasteiger partial charge in [0.05, 0.1) is 33.5 Å². The summed E-state index contributed by atoms with van der Waals surface area (Å²) in [5.74, 6) is -1.38. The lowest BCUT2D eigenvalue weighted by molar-refractivity contribution is 0.0388. The van der Waals surface area contributed by atoms with Gasteiger partial charge in [0.15, 0.2) is 16.7 Å². The molecule has 2 heterocycles. The lowest BCUT2D eigenvalue weighted by Crippen LogP contribution is -2.42. The van der Waals surface area contributed by atoms with E-state index in [1.54, 1.807) is 6.92 Å². The lowest BCUT2D eigenvalue weighted by Gasteiger charge is -2.26. The Morgan fingerprint density at radius 2 is 2.03 bits per heavy atom. The highest BCUT2D eigenvalue weighted by atomic mass is 35.5. The van der Waals surface area contributed by atoms with Gasteiger partial charge in [-0.15, -0.1) is 0 Å². The molecule has 1 aromatic heterocycles. The fourth-order valence-corrected chi connectivity index (χ4v) is 4.87. The van der Waals surface area contributed by atoms with Crippen molar-refractivity contribution in [3.63, 3.8) is 0 Å². The number of benzene rings is 2. The molecule has 0 spiro atoms. The second-order valence-corrected chi connectivity index (χ2v) is 9.44. The molecule has 1 aliphatic rings. The Morgan fingerprint density at radius 3 is 2.79 bits per heavy atom. The van der Waals surface area contributed by atoms with Crippen LogP contribution in [-0.4, -0.2) is 55.3 Å². The number of ether oxygens (including phenoxy) is 2. The fraction of sp³-hybridized carbons (Fsp3) is 0.364. The second-order valence-electron chi connectivity index (χ2n) is 7.62. The van der Waals surface area contributed by atoms with E-state index in [9.17, 15) is 13.6 Å². The molecule has 2 aromatic carbocycles. The Hall–Kier alpha value is -2.24. The van der Waals surface area contributed by atoms with Crippen LogP contribution in [0.4, 0.5) is 18.7 Å². The molecule has 1 unspecified atom stereocenters. The summed E-state index contributed by atoms with van der Waals surface area (Å²) in [6, 6.07) is 4.77. The molecule has 4 rings (SSSR count). The van der Waals surface area contributed by atoms with Crippen LogP contribution in [0, 0.1) is 11.6 Å². The zero-order valence-corrected chi connectivity index (χ0v) is 20.5. The van der Waals surface area contributed by atoms with Crippen molar-refractivity contribution in [3.05, 3.63) is 51.5 Å². The highest BCUT2D eigenvalue weighted by molar-refractivity contribution is 7.22. The van der Waals surface area contributed by atoms with Gasteiger partial charge in [-0.1, -0.05) is 34.5 Å². The standard InChI is InChI=1S/C22H22Cl2F2N4O3S/c1-12(19-14(25)3-2-13(23)20(19)24)33-17-11-18-16(10-15(17)26)28-22(34-18)29-21(31)27-4-5-30-6-8-32-9-7-30/h2-3,10-12H,4-9H2,1H3,(H2,27,28,29,31). The number of anilines is 1. The number of halogens is 4. The van der Waals surface area contributed by atoms with Gasteiger partial charge in [0.1, 0.15) is 11.9 Å². The number of carbonyl (C=O) groups is 1. The third kappa shape index (κ3) is 5.87. The molecule has 3 aromatic rings. The van der Waals surface area contributed by atoms with E-state index in [0.29, 0.717) is 35.1 Å². The third-order valence-electron chi connectivity index (χ3n) is 5.27. The largest absolute Gasteiger partial charge is 0.483 e. The first kappa shape index (κ1) is 24.9. The van der Waals surface area contributed by atoms with E-state index in [0.717, 1.165) is 31.0 Å². The molecule has 1 aliphatic heterocycles. The number of nitrogens with one attached hydrogen (secondary N) is 2. The molecule has 1 atom stereocenters. The van der Waals surface area contributed by atoms with Crippen molar-refractivity contribution in [3.8, 4) is 5.75 Å². The zero-order valence-electron chi connectivity index (χ0n) is 18.2. The number of nitrogens with zero attached hydrogens (tertiary/aromatic N) is 2. The molecule has 7 nitrogen and oxygen atoms in total. The van der Waals surface area contributed by atoms with Crippen molar-refractivity contribution in [2.24, 2.45) is 0 Å². The Balaban J connectivity index is 1.40. The number of rotatable bonds is 7. The predicted octanol–water partition coefficient (Wildman–Crippen LogP) is 5.48. The minimum Gasteiger partial charge on any atom is -0.483 e. The summed E-state index contributed by atoms with van der Waals surface area (Å²) in [5.41, 5.74) is 0.396. The minimum atomic E-state index is -0.902. The monoisotopic (exact) mass is 530 g/mol. The molecule has 2 N–H and O–H groups in total. The smallest absolute Gasteiger partial charge is 0.321 e. The Bertz CT molecular complexity index is 1190. The van der Waals surface area contributed by atoms with Gasteiger partial charge in [-0.2, -0.15) is 0 Å². The lowest BCUT2D eigenvalue weighted by atomic mass is 10.1. The molecule has 1 saturated heterocycles. The molecular weight excluding hydrogens is 509 g/mol. The van der Waals surface area contributed by atoms with Gasteiger partial charge in [-0.25, -0.2) is 18.6 Å². The van der Waals surface area contributed by atoms with Crippen molar-refractivity contribution in [2.75, 3.05) is 44.7 Å². The molecule has 182 valence electrons. The summed E-state index contributed by atoms with van der Waals surface area (Å²) in [5, 5.41) is 5.94. The molecular formula is C22H22Cl2F2N4O3S. The highest BCUT2D eigenvalue weighted by Gasteiger charge is 2.21. The molecule has 12 heteroatoms. The van der Waals surface area contributed by atoms with E-state index in [-0.39, 0.29) is 21.4 Å². The summed E-state index contributed by atoms with van der Waals surface area (Å²) in [7, 11) is 0. The van der Waals surface area contributed by atoms with Gasteiger partial charge < -0.3 is 14.8 Å². The first-order valence-corrected chi connectivity index (χ1v) is 12.1. The maximum Gasteiger partial charge on any atom is 0.321 e. The van der Waals surface area contributed by atoms with Crippen LogP contribution in [0.15, 0.2) is 24.3 Å². The van der Waals surface area contributed by atoms with Crippen molar-refractivity contribution < 1.29 is 23.0 Å². The van der Waals surface area contributed by atoms with Crippen LogP contribution in [0.2, 0.25) is 10.0 Å². The van der Waals surface area contributed by atoms with Gasteiger partial charge in [-0.3, -0.25) is 10.2 Å². The van der Waals surface area contributed by atoms with Gasteiger partial charge in [0, 0.05) is 43.9 Å². The number of hydrogen-bond donors (Lipinski definition) is 2. The van der Waals surface area contributed by atoms with Crippen molar-refractivity contribution >= 4 is 55.9 Å². The van der Waals surface area contributed by atoms with Crippen LogP contribution in [0.3, 0.4) is 0 Å². The van der Waals surface area contributed by atoms with E-state index >= 15 is 0 Å². The van der Waals surface area contributed by atoms with Crippen molar-refractivity contribution in [1.82, 2.24) is 15.2 Å². The Kier molecular flexibility index (Phi) is 8.05. The van der Waals surface area contributed by atoms with Gasteiger partial charge in [0.25, 0.3) is 0 Å². The average molecular weight is 531 g/mol. The summed E-state index contributed by atoms with van der Waals surface area (Å²) in [6.45, 7) is 5.81. The molecule has 0 bridgehead atoms. The molecule has 0 saturated carbocycles. The molecule has 0 aliphatic carbocycles. The van der Waals surface area contributed by atoms with Crippen LogP contribution in [0.5, 0.6) is 5.75 Å². The quantitative estimate of drug-likeness (QED) is 0.396. The van der Waals surface area contributed by atoms with Gasteiger partial charge in [0.2, 0.25) is 0 Å². The SMILES string of the molecule is CC(Oc1cc2sc(NC(=O)NCCN3CCOCC3)nc2cc1F)c1c(F)ccc(Cl)c1Cl. The maximum absolute atomic E-state index is 14.7. The first-order valence-electron chi connectivity index (χ1n) is 10.6. The summed E-state index contributed by atoms with van der Waals surface area (Å²) < 4.78 is 40.5. The van der Waals surface area contributed by atoms with E-state index in [1.807, 2.05) is 0 Å². The van der Waals surface area contributed by atoms with E-state index in [4.69, 9.17) is 32.7 Å². The Labute approximate surface area is 208 Å². The van der Waals surface area contributed by atoms with Crippen molar-refractivity contribution in [1.29, 1.82) is 0 Å². The van der Waals surface area contributed by atoms with E-state index in [1.165, 1.54) is 24.3 Å². The fourth-order valence-electron chi connectivity index (χ4n) is 3.53. The topological polar surface area (TPSA) is 75.7 Å². The average Bonchev–Trinajstić information content (AvgIpc) is 3.18. The number of carbonyl (C=O) groups excluding carboxylic acids is 1.